The van der Waals surface area contributed by atoms with Gasteiger partial charge in [0.15, 0.2) is 0 Å². The summed E-state index contributed by atoms with van der Waals surface area (Å²) in [4.78, 5) is 1.30. The van der Waals surface area contributed by atoms with Gasteiger partial charge in [0, 0.05) is 29.7 Å². The van der Waals surface area contributed by atoms with Crippen molar-refractivity contribution in [2.24, 2.45) is 0 Å². The average molecular weight is 235 g/mol. The molecule has 16 heavy (non-hydrogen) atoms. The van der Waals surface area contributed by atoms with Crippen molar-refractivity contribution in [3.63, 3.8) is 0 Å². The lowest BCUT2D eigenvalue weighted by Crippen LogP contribution is -2.03. The van der Waals surface area contributed by atoms with Gasteiger partial charge in [-0.3, -0.25) is 4.68 Å². The average Bonchev–Trinajstić information content (AvgIpc) is 2.87. The molecule has 0 aliphatic carbocycles. The summed E-state index contributed by atoms with van der Waals surface area (Å²) in [6.45, 7) is 4.09. The third-order valence-corrected chi connectivity index (χ3v) is 3.43. The molecule has 2 heterocycles. The van der Waals surface area contributed by atoms with E-state index in [2.05, 4.69) is 35.0 Å². The van der Waals surface area contributed by atoms with Crippen molar-refractivity contribution >= 4 is 11.3 Å². The monoisotopic (exact) mass is 235 g/mol. The number of rotatable bonds is 5. The fourth-order valence-electron chi connectivity index (χ4n) is 1.67. The molecule has 0 spiro atoms. The van der Waals surface area contributed by atoms with Crippen LogP contribution in [0.2, 0.25) is 0 Å². The maximum Gasteiger partial charge on any atom is 0.0576 e. The second kappa shape index (κ2) is 5.27. The Kier molecular flexibility index (Phi) is 3.74. The number of aromatic nitrogens is 2. The van der Waals surface area contributed by atoms with Crippen molar-refractivity contribution in [1.29, 1.82) is 0 Å². The number of nitrogens with one attached hydrogen (secondary N) is 1. The predicted molar refractivity (Wildman–Crippen MR) is 68.6 cm³/mol. The Morgan fingerprint density at radius 3 is 3.12 bits per heavy atom. The third-order valence-electron chi connectivity index (χ3n) is 2.41. The van der Waals surface area contributed by atoms with E-state index in [-0.39, 0.29) is 0 Å². The zero-order chi connectivity index (χ0) is 11.4. The van der Waals surface area contributed by atoms with E-state index in [9.17, 15) is 0 Å². The minimum atomic E-state index is 0.930. The van der Waals surface area contributed by atoms with E-state index in [1.807, 2.05) is 17.9 Å². The van der Waals surface area contributed by atoms with E-state index in [1.165, 1.54) is 16.0 Å². The van der Waals surface area contributed by atoms with Crippen molar-refractivity contribution in [2.75, 3.05) is 7.05 Å². The summed E-state index contributed by atoms with van der Waals surface area (Å²) in [6, 6.07) is 2.23. The Hall–Kier alpha value is -1.13. The molecule has 0 saturated heterocycles. The lowest BCUT2D eigenvalue weighted by molar-refractivity contribution is 0.603. The van der Waals surface area contributed by atoms with E-state index in [0.717, 1.165) is 19.5 Å². The Bertz CT molecular complexity index is 402. The highest BCUT2D eigenvalue weighted by Crippen LogP contribution is 2.26. The Balaban J connectivity index is 2.14. The van der Waals surface area contributed by atoms with Crippen molar-refractivity contribution in [1.82, 2.24) is 15.1 Å². The molecule has 0 saturated carbocycles. The van der Waals surface area contributed by atoms with Crippen molar-refractivity contribution in [3.8, 4) is 10.4 Å². The summed E-state index contributed by atoms with van der Waals surface area (Å²) in [5.74, 6) is 0. The first-order valence-electron chi connectivity index (χ1n) is 5.58. The molecule has 2 rings (SSSR count). The molecule has 4 heteroatoms. The van der Waals surface area contributed by atoms with Gasteiger partial charge in [0.05, 0.1) is 6.20 Å². The lowest BCUT2D eigenvalue weighted by Gasteiger charge is -1.94. The molecule has 0 amide bonds. The topological polar surface area (TPSA) is 29.9 Å². The highest BCUT2D eigenvalue weighted by Gasteiger charge is 2.04. The fourth-order valence-corrected chi connectivity index (χ4v) is 2.56. The van der Waals surface area contributed by atoms with Crippen LogP contribution in [0.5, 0.6) is 0 Å². The summed E-state index contributed by atoms with van der Waals surface area (Å²) in [6.07, 6.45) is 5.19. The van der Waals surface area contributed by atoms with Crippen LogP contribution >= 0.6 is 11.3 Å². The van der Waals surface area contributed by atoms with E-state index in [0.29, 0.717) is 0 Å². The van der Waals surface area contributed by atoms with Gasteiger partial charge in [-0.25, -0.2) is 0 Å². The van der Waals surface area contributed by atoms with Crippen LogP contribution in [0.15, 0.2) is 23.8 Å². The standard InChI is InChI=1S/C12H17N3S/c1-3-4-15-8-11(7-14-15)12-5-10(6-13-2)9-16-12/h5,7-9,13H,3-4,6H2,1-2H3. The number of thiophene rings is 1. The third kappa shape index (κ3) is 2.51. The van der Waals surface area contributed by atoms with Crippen LogP contribution in [0, 0.1) is 0 Å². The largest absolute Gasteiger partial charge is 0.316 e. The minimum Gasteiger partial charge on any atom is -0.316 e. The molecule has 0 bridgehead atoms. The van der Waals surface area contributed by atoms with Crippen LogP contribution < -0.4 is 5.32 Å². The molecule has 0 aromatic carbocycles. The Morgan fingerprint density at radius 1 is 1.50 bits per heavy atom. The summed E-state index contributed by atoms with van der Waals surface area (Å²) in [5, 5.41) is 9.70. The second-order valence-corrected chi connectivity index (χ2v) is 4.75. The zero-order valence-electron chi connectivity index (χ0n) is 9.73. The molecule has 0 fully saturated rings. The molecule has 0 aliphatic heterocycles. The Morgan fingerprint density at radius 2 is 2.38 bits per heavy atom. The van der Waals surface area contributed by atoms with Gasteiger partial charge in [-0.05, 0) is 30.5 Å². The number of nitrogens with zero attached hydrogens (tertiary/aromatic N) is 2. The van der Waals surface area contributed by atoms with Crippen molar-refractivity contribution in [3.05, 3.63) is 29.4 Å². The van der Waals surface area contributed by atoms with E-state index < -0.39 is 0 Å². The molecule has 2 aromatic heterocycles. The van der Waals surface area contributed by atoms with Gasteiger partial charge < -0.3 is 5.32 Å². The maximum absolute atomic E-state index is 4.35. The van der Waals surface area contributed by atoms with Crippen LogP contribution in [0.3, 0.4) is 0 Å². The quantitative estimate of drug-likeness (QED) is 0.863. The smallest absolute Gasteiger partial charge is 0.0576 e. The Labute approximate surface area is 100 Å². The lowest BCUT2D eigenvalue weighted by atomic mass is 10.2. The number of hydrogen-bond donors (Lipinski definition) is 1. The first-order valence-corrected chi connectivity index (χ1v) is 6.46. The first kappa shape index (κ1) is 11.4. The molecule has 0 radical (unpaired) electrons. The van der Waals surface area contributed by atoms with Crippen molar-refractivity contribution in [2.45, 2.75) is 26.4 Å². The van der Waals surface area contributed by atoms with Crippen molar-refractivity contribution < 1.29 is 0 Å². The van der Waals surface area contributed by atoms with Gasteiger partial charge in [0.2, 0.25) is 0 Å². The molecule has 0 atom stereocenters. The van der Waals surface area contributed by atoms with E-state index in [1.54, 1.807) is 11.3 Å². The van der Waals surface area contributed by atoms with Crippen LogP contribution in [0.1, 0.15) is 18.9 Å². The van der Waals surface area contributed by atoms with Crippen LogP contribution in [-0.2, 0) is 13.1 Å². The van der Waals surface area contributed by atoms with Gasteiger partial charge in [-0.15, -0.1) is 11.3 Å². The summed E-state index contributed by atoms with van der Waals surface area (Å²) in [7, 11) is 1.97. The molecule has 0 unspecified atom stereocenters. The second-order valence-electron chi connectivity index (χ2n) is 3.84. The molecule has 3 nitrogen and oxygen atoms in total. The number of aryl methyl sites for hydroxylation is 1. The number of hydrogen-bond acceptors (Lipinski definition) is 3. The summed E-state index contributed by atoms with van der Waals surface area (Å²) in [5.41, 5.74) is 2.56. The maximum atomic E-state index is 4.35. The molecular weight excluding hydrogens is 218 g/mol. The van der Waals surface area contributed by atoms with Gasteiger partial charge in [-0.1, -0.05) is 6.92 Å². The van der Waals surface area contributed by atoms with E-state index >= 15 is 0 Å². The van der Waals surface area contributed by atoms with Gasteiger partial charge in [-0.2, -0.15) is 5.10 Å². The molecule has 2 aromatic rings. The molecule has 1 N–H and O–H groups in total. The van der Waals surface area contributed by atoms with Crippen LogP contribution in [0.4, 0.5) is 0 Å². The highest BCUT2D eigenvalue weighted by molar-refractivity contribution is 7.13. The minimum absolute atomic E-state index is 0.930. The molecule has 86 valence electrons. The van der Waals surface area contributed by atoms with Gasteiger partial charge in [0.1, 0.15) is 0 Å². The molecule has 0 aliphatic rings. The zero-order valence-corrected chi connectivity index (χ0v) is 10.5. The molecular formula is C12H17N3S. The van der Waals surface area contributed by atoms with Gasteiger partial charge >= 0.3 is 0 Å². The van der Waals surface area contributed by atoms with Gasteiger partial charge in [0.25, 0.3) is 0 Å². The van der Waals surface area contributed by atoms with E-state index in [4.69, 9.17) is 0 Å². The SMILES string of the molecule is CCCn1cc(-c2cc(CNC)cs2)cn1. The summed E-state index contributed by atoms with van der Waals surface area (Å²) < 4.78 is 2.01. The highest BCUT2D eigenvalue weighted by atomic mass is 32.1. The fraction of sp³-hybridized carbons (Fsp3) is 0.417. The predicted octanol–water partition coefficient (Wildman–Crippen LogP) is 2.74. The first-order chi connectivity index (χ1) is 7.83. The van der Waals surface area contributed by atoms with Crippen LogP contribution in [-0.4, -0.2) is 16.8 Å². The normalized spacial score (nSPS) is 10.9. The summed E-state index contributed by atoms with van der Waals surface area (Å²) >= 11 is 1.78. The van der Waals surface area contributed by atoms with Crippen LogP contribution in [0.25, 0.3) is 10.4 Å².